The molecule has 8 N–H and O–H groups in total. The van der Waals surface area contributed by atoms with Crippen molar-refractivity contribution >= 4 is 128 Å². The molecular formula is C88H64N10O8S. The fourth-order valence-corrected chi connectivity index (χ4v) is 14.7. The number of para-hydroxylation sites is 4. The highest BCUT2D eigenvalue weighted by atomic mass is 32.1. The number of H-pyrrole nitrogens is 2. The standard InChI is InChI=1S/C88H64N10O8S/c99-82-57-17-9-13-53(43-57)47-88(86(103)104,87(105)106)48-54-14-10-18-58(44-54)83(100)95-67-26-6-2-22-63(67)79-72-35-39-76(92-72)80-64-23-3-7-27-68(64)96-84(101)59-19-11-15-55(45-59)49-98(42-41-52-29-31-61(32-30-52)89-51-107)50-56-16-12-20-60(46-56)85(102)97-69-28-8-4-24-65(69)81(77-40-36-73(79)93-77)75-38-34-71(91-75)78(70-33-37-74(80)90-70)62-21-1-5-25-66(62)94-82/h1-40,43-46,90,93H,41-42,47-50H2,(H,94,99)(H,95,100)(H,96,101)(H,97,102)(H,103,104)(H,105,106). The number of amides is 4. The van der Waals surface area contributed by atoms with E-state index in [0.717, 1.165) is 16.7 Å². The minimum Gasteiger partial charge on any atom is -0.480 e. The summed E-state index contributed by atoms with van der Waals surface area (Å²) in [6, 6.07) is 72.8. The monoisotopic (exact) mass is 1420 g/mol. The number of carbonyl (C=O) groups excluding carboxylic acids is 4. The predicted octanol–water partition coefficient (Wildman–Crippen LogP) is 17.9. The van der Waals surface area contributed by atoms with Crippen LogP contribution in [0.15, 0.2) is 248 Å². The van der Waals surface area contributed by atoms with Crippen molar-refractivity contribution in [2.75, 3.05) is 27.8 Å². The van der Waals surface area contributed by atoms with Crippen LogP contribution < -0.4 is 21.3 Å². The smallest absolute Gasteiger partial charge is 0.321 e. The van der Waals surface area contributed by atoms with Gasteiger partial charge in [0.05, 0.1) is 33.6 Å². The molecule has 6 aliphatic rings. The summed E-state index contributed by atoms with van der Waals surface area (Å²) in [5.41, 5.74) is 13.1. The van der Waals surface area contributed by atoms with Gasteiger partial charge in [-0.15, -0.1) is 0 Å². The van der Waals surface area contributed by atoms with Gasteiger partial charge in [-0.25, -0.2) is 9.97 Å². The number of benzene rings is 9. The molecule has 0 radical (unpaired) electrons. The minimum absolute atomic E-state index is 0.114. The van der Waals surface area contributed by atoms with Crippen molar-refractivity contribution in [2.24, 2.45) is 10.4 Å². The van der Waals surface area contributed by atoms with Crippen molar-refractivity contribution in [2.45, 2.75) is 32.4 Å². The van der Waals surface area contributed by atoms with Gasteiger partial charge in [0.15, 0.2) is 5.41 Å². The molecular weight excluding hydrogens is 1360 g/mol. The number of hydrogen-bond donors (Lipinski definition) is 8. The number of anilines is 4. The SMILES string of the molecule is O=C1Nc2ccccc2-c2c3nc(c4c5ccc([nH]5)c(c5nc(c(c6ccc2[nH]6)-c2ccccc2NC(=O)c2cccc(c2)CC(C(=O)O)(C(=O)O)Cc2cccc(c2)C(=O)Nc2ccccc2-4)C=C5)-c2ccccc2NC(=O)c2cccc(c2)CN(CCc2ccc(N=C=S)cc2)Cc2cccc1c2)C=C3. The second-order valence-corrected chi connectivity index (χ2v) is 26.9. The van der Waals surface area contributed by atoms with Crippen LogP contribution in [-0.4, -0.2) is 82.3 Å². The van der Waals surface area contributed by atoms with E-state index < -0.39 is 42.0 Å². The number of nitrogens with zero attached hydrogens (tertiary/aromatic N) is 4. The predicted molar refractivity (Wildman–Crippen MR) is 422 cm³/mol. The molecule has 9 heterocycles. The van der Waals surface area contributed by atoms with Crippen molar-refractivity contribution < 1.29 is 39.0 Å². The first-order valence-electron chi connectivity index (χ1n) is 34.7. The largest absolute Gasteiger partial charge is 0.480 e. The van der Waals surface area contributed by atoms with E-state index in [9.17, 15) is 19.8 Å². The number of isothiocyanates is 1. The van der Waals surface area contributed by atoms with Gasteiger partial charge in [0.1, 0.15) is 0 Å². The van der Waals surface area contributed by atoms with E-state index in [-0.39, 0.29) is 34.1 Å². The third-order valence-corrected chi connectivity index (χ3v) is 19.9. The van der Waals surface area contributed by atoms with Crippen LogP contribution in [0.2, 0.25) is 0 Å². The van der Waals surface area contributed by atoms with Crippen LogP contribution in [0.5, 0.6) is 0 Å². The highest BCUT2D eigenvalue weighted by Crippen LogP contribution is 2.44. The third kappa shape index (κ3) is 13.7. The first-order chi connectivity index (χ1) is 52.2. The molecule has 0 atom stereocenters. The topological polar surface area (TPSA) is 264 Å². The first-order valence-corrected chi connectivity index (χ1v) is 35.1. The summed E-state index contributed by atoms with van der Waals surface area (Å²) in [5, 5.41) is 37.3. The van der Waals surface area contributed by atoms with E-state index in [4.69, 9.17) is 22.2 Å². The number of aliphatic imine (C=N–C) groups is 1. The molecule has 18 nitrogen and oxygen atoms in total. The average molecular weight is 1420 g/mol. The van der Waals surface area contributed by atoms with E-state index in [1.54, 1.807) is 72.8 Å². The van der Waals surface area contributed by atoms with Crippen LogP contribution in [-0.2, 0) is 41.9 Å². The Morgan fingerprint density at radius 3 is 1.06 bits per heavy atom. The molecule has 9 aromatic carbocycles. The van der Waals surface area contributed by atoms with Crippen molar-refractivity contribution in [1.29, 1.82) is 0 Å². The van der Waals surface area contributed by atoms with Gasteiger partial charge in [0, 0.05) is 131 Å². The van der Waals surface area contributed by atoms with Crippen molar-refractivity contribution in [3.63, 3.8) is 0 Å². The summed E-state index contributed by atoms with van der Waals surface area (Å²) in [4.78, 5) is 113. The molecule has 0 fully saturated rings. The normalized spacial score (nSPS) is 14.0. The number of fused-ring (bicyclic) bond motifs is 8. The van der Waals surface area contributed by atoms with Gasteiger partial charge in [0.25, 0.3) is 23.6 Å². The lowest BCUT2D eigenvalue weighted by atomic mass is 9.76. The fraction of sp³-hybridized carbons (Fsp3) is 0.0795. The molecule has 107 heavy (non-hydrogen) atoms. The molecule has 19 heteroatoms. The number of carboxylic acids is 2. The second kappa shape index (κ2) is 28.8. The molecule has 12 aromatic rings. The van der Waals surface area contributed by atoms with E-state index in [1.807, 2.05) is 182 Å². The molecule has 4 amide bonds. The number of carbonyl (C=O) groups is 6. The highest BCUT2D eigenvalue weighted by Gasteiger charge is 2.47. The molecule has 18 rings (SSSR count). The number of nitrogens with one attached hydrogen (secondary N) is 6. The van der Waals surface area contributed by atoms with Gasteiger partial charge >= 0.3 is 11.9 Å². The molecule has 0 saturated carbocycles. The summed E-state index contributed by atoms with van der Waals surface area (Å²) in [7, 11) is 0. The summed E-state index contributed by atoms with van der Waals surface area (Å²) in [6.45, 7) is 1.51. The number of hydrogen-bond acceptors (Lipinski definition) is 11. The van der Waals surface area contributed by atoms with Crippen LogP contribution in [0.3, 0.4) is 0 Å². The zero-order valence-electron chi connectivity index (χ0n) is 57.2. The second-order valence-electron chi connectivity index (χ2n) is 26.7. The highest BCUT2D eigenvalue weighted by molar-refractivity contribution is 7.78. The Balaban J connectivity index is 0.970. The third-order valence-electron chi connectivity index (χ3n) is 19.8. The van der Waals surface area contributed by atoms with Crippen LogP contribution in [0.25, 0.3) is 90.9 Å². The van der Waals surface area contributed by atoms with Crippen LogP contribution in [0.1, 0.15) is 92.0 Å². The molecule has 0 saturated heterocycles. The Morgan fingerprint density at radius 2 is 0.729 bits per heavy atom. The Bertz CT molecular complexity index is 5680. The van der Waals surface area contributed by atoms with Gasteiger partial charge in [-0.05, 0) is 193 Å². The van der Waals surface area contributed by atoms with E-state index in [2.05, 4.69) is 46.3 Å². The molecule has 6 aliphatic heterocycles. The first kappa shape index (κ1) is 67.6. The van der Waals surface area contributed by atoms with Gasteiger partial charge in [-0.3, -0.25) is 33.7 Å². The minimum atomic E-state index is -2.44. The van der Waals surface area contributed by atoms with Gasteiger partial charge < -0.3 is 41.4 Å². The van der Waals surface area contributed by atoms with Crippen molar-refractivity contribution in [3.05, 3.63) is 316 Å². The van der Waals surface area contributed by atoms with E-state index in [1.165, 1.54) is 12.1 Å². The quantitative estimate of drug-likeness (QED) is 0.0439. The van der Waals surface area contributed by atoms with Gasteiger partial charge in [-0.2, -0.15) is 4.99 Å². The summed E-state index contributed by atoms with van der Waals surface area (Å²) < 4.78 is 0. The Hall–Kier alpha value is -13.8. The molecule has 520 valence electrons. The molecule has 0 spiro atoms. The Kier molecular flexibility index (Phi) is 18.2. The number of aromatic nitrogens is 4. The lowest BCUT2D eigenvalue weighted by molar-refractivity contribution is -0.164. The number of rotatable bonds is 6. The fourth-order valence-electron chi connectivity index (χ4n) is 14.6. The van der Waals surface area contributed by atoms with Crippen LogP contribution in [0, 0.1) is 5.41 Å². The maximum Gasteiger partial charge on any atom is 0.321 e. The number of thiocarbonyl (C=S) groups is 1. The maximum atomic E-state index is 15.2. The van der Waals surface area contributed by atoms with Gasteiger partial charge in [-0.1, -0.05) is 133 Å². The lowest BCUT2D eigenvalue weighted by Crippen LogP contribution is -2.43. The summed E-state index contributed by atoms with van der Waals surface area (Å²) in [6.07, 6.45) is 7.25. The maximum absolute atomic E-state index is 15.2. The van der Waals surface area contributed by atoms with Gasteiger partial charge in [0.2, 0.25) is 0 Å². The van der Waals surface area contributed by atoms with E-state index in [0.29, 0.717) is 155 Å². The van der Waals surface area contributed by atoms with Crippen molar-refractivity contribution in [1.82, 2.24) is 24.8 Å². The average Bonchev–Trinajstić information content (AvgIpc) is 1.62. The zero-order chi connectivity index (χ0) is 73.3. The Morgan fingerprint density at radius 1 is 0.411 bits per heavy atom. The summed E-state index contributed by atoms with van der Waals surface area (Å²) >= 11 is 4.87. The molecule has 0 unspecified atom stereocenters. The number of aliphatic carboxylic acids is 2. The molecule has 20 bridgehead atoms. The molecule has 0 aliphatic carbocycles. The van der Waals surface area contributed by atoms with Crippen molar-refractivity contribution in [3.8, 4) is 44.5 Å². The van der Waals surface area contributed by atoms with Crippen LogP contribution >= 0.6 is 12.2 Å². The number of aromatic amines is 2. The van der Waals surface area contributed by atoms with E-state index >= 15 is 19.2 Å². The van der Waals surface area contributed by atoms with Crippen LogP contribution in [0.4, 0.5) is 28.4 Å². The lowest BCUT2D eigenvalue weighted by Gasteiger charge is -2.25. The molecule has 3 aromatic heterocycles. The number of carboxylic acid groups (broad SMARTS) is 2. The summed E-state index contributed by atoms with van der Waals surface area (Å²) in [5.74, 6) is -5.11. The Labute approximate surface area is 618 Å². The zero-order valence-corrected chi connectivity index (χ0v) is 58.0.